The molecule has 4 heteroatoms. The maximum Gasteiger partial charge on any atom is 0.0463 e. The summed E-state index contributed by atoms with van der Waals surface area (Å²) in [4.78, 5) is 4.55. The lowest BCUT2D eigenvalue weighted by Crippen LogP contribution is -2.12. The molecule has 0 saturated heterocycles. The first-order valence-electron chi connectivity index (χ1n) is 11.4. The molecule has 0 atom stereocenters. The Morgan fingerprint density at radius 2 is 0.657 bits per heavy atom. The Labute approximate surface area is 223 Å². The predicted octanol–water partition coefficient (Wildman–Crippen LogP) is 10.5. The van der Waals surface area contributed by atoms with E-state index in [0.717, 1.165) is 43.1 Å². The Balaban J connectivity index is 1.57. The molecule has 5 rings (SSSR count). The molecule has 0 radical (unpaired) electrons. The van der Waals surface area contributed by atoms with Gasteiger partial charge in [-0.1, -0.05) is 67.8 Å². The Morgan fingerprint density at radius 1 is 0.371 bits per heavy atom. The summed E-state index contributed by atoms with van der Waals surface area (Å²) in [6.07, 6.45) is 0. The first-order valence-corrected chi connectivity index (χ1v) is 13.0. The first kappa shape index (κ1) is 23.4. The van der Waals surface area contributed by atoms with Crippen LogP contribution in [0.3, 0.4) is 0 Å². The minimum Gasteiger partial charge on any atom is -0.311 e. The quantitative estimate of drug-likeness (QED) is 0.196. The van der Waals surface area contributed by atoms with Gasteiger partial charge < -0.3 is 9.80 Å². The highest BCUT2D eigenvalue weighted by molar-refractivity contribution is 9.10. The Morgan fingerprint density at radius 3 is 1.03 bits per heavy atom. The topological polar surface area (TPSA) is 6.48 Å². The monoisotopic (exact) mass is 582 g/mol. The zero-order valence-electron chi connectivity index (χ0n) is 19.3. The van der Waals surface area contributed by atoms with Crippen molar-refractivity contribution in [3.05, 3.63) is 142 Å². The zero-order chi connectivity index (χ0) is 24.2. The fourth-order valence-electron chi connectivity index (χ4n) is 4.10. The number of aryl methyl sites for hydroxylation is 1. The molecule has 0 N–H and O–H groups in total. The van der Waals surface area contributed by atoms with E-state index in [-0.39, 0.29) is 0 Å². The van der Waals surface area contributed by atoms with E-state index in [4.69, 9.17) is 0 Å². The third-order valence-corrected chi connectivity index (χ3v) is 6.90. The van der Waals surface area contributed by atoms with E-state index in [1.54, 1.807) is 0 Å². The third kappa shape index (κ3) is 5.34. The third-order valence-electron chi connectivity index (χ3n) is 5.84. The maximum atomic E-state index is 3.56. The fourth-order valence-corrected chi connectivity index (χ4v) is 4.63. The average molecular weight is 584 g/mol. The zero-order valence-corrected chi connectivity index (χ0v) is 22.4. The van der Waals surface area contributed by atoms with E-state index in [0.29, 0.717) is 0 Å². The van der Waals surface area contributed by atoms with Crippen molar-refractivity contribution in [2.24, 2.45) is 0 Å². The Bertz CT molecular complexity index is 1340. The van der Waals surface area contributed by atoms with Crippen LogP contribution in [-0.4, -0.2) is 0 Å². The van der Waals surface area contributed by atoms with Gasteiger partial charge >= 0.3 is 0 Å². The largest absolute Gasteiger partial charge is 0.311 e. The van der Waals surface area contributed by atoms with Gasteiger partial charge in [0.25, 0.3) is 0 Å². The van der Waals surface area contributed by atoms with Crippen LogP contribution < -0.4 is 9.80 Å². The van der Waals surface area contributed by atoms with Gasteiger partial charge in [0.05, 0.1) is 0 Å². The number of benzene rings is 5. The van der Waals surface area contributed by atoms with Crippen molar-refractivity contribution in [2.45, 2.75) is 6.92 Å². The molecule has 0 spiro atoms. The lowest BCUT2D eigenvalue weighted by atomic mass is 10.1. The van der Waals surface area contributed by atoms with Crippen molar-refractivity contribution in [3.63, 3.8) is 0 Å². The second-order valence-corrected chi connectivity index (χ2v) is 10.1. The van der Waals surface area contributed by atoms with Gasteiger partial charge in [-0.15, -0.1) is 0 Å². The second-order valence-electron chi connectivity index (χ2n) is 8.31. The van der Waals surface area contributed by atoms with Gasteiger partial charge in [-0.3, -0.25) is 0 Å². The van der Waals surface area contributed by atoms with Gasteiger partial charge in [0.2, 0.25) is 0 Å². The molecule has 172 valence electrons. The number of halogens is 2. The molecule has 35 heavy (non-hydrogen) atoms. The number of para-hydroxylation sites is 1. The number of hydrogen-bond acceptors (Lipinski definition) is 2. The average Bonchev–Trinajstić information content (AvgIpc) is 2.89. The van der Waals surface area contributed by atoms with Gasteiger partial charge in [-0.25, -0.2) is 0 Å². The standard InChI is InChI=1S/C31H24Br2N2/c1-23-7-13-27(14-8-23)34(26-5-3-2-4-6-26)30-19-21-31(22-20-30)35(28-15-9-24(32)10-16-28)29-17-11-25(33)12-18-29/h2-22H,1H3. The van der Waals surface area contributed by atoms with Crippen molar-refractivity contribution in [1.29, 1.82) is 0 Å². The molecule has 0 aliphatic carbocycles. The Hall–Kier alpha value is -3.34. The summed E-state index contributed by atoms with van der Waals surface area (Å²) in [5, 5.41) is 0. The van der Waals surface area contributed by atoms with E-state index in [9.17, 15) is 0 Å². The van der Waals surface area contributed by atoms with Gasteiger partial charge in [0, 0.05) is 43.1 Å². The lowest BCUT2D eigenvalue weighted by molar-refractivity contribution is 1.25. The normalized spacial score (nSPS) is 10.7. The van der Waals surface area contributed by atoms with Gasteiger partial charge in [0.1, 0.15) is 0 Å². The molecule has 0 heterocycles. The van der Waals surface area contributed by atoms with Crippen molar-refractivity contribution >= 4 is 66.0 Å². The molecule has 2 nitrogen and oxygen atoms in total. The molecule has 0 bridgehead atoms. The summed E-state index contributed by atoms with van der Waals surface area (Å²) in [5.74, 6) is 0. The summed E-state index contributed by atoms with van der Waals surface area (Å²) in [7, 11) is 0. The van der Waals surface area contributed by atoms with Crippen LogP contribution in [0.25, 0.3) is 0 Å². The van der Waals surface area contributed by atoms with Gasteiger partial charge in [0.15, 0.2) is 0 Å². The molecule has 0 aromatic heterocycles. The van der Waals surface area contributed by atoms with Crippen LogP contribution in [0, 0.1) is 6.92 Å². The molecule has 0 amide bonds. The summed E-state index contributed by atoms with van der Waals surface area (Å²) in [6.45, 7) is 2.12. The SMILES string of the molecule is Cc1ccc(N(c2ccccc2)c2ccc(N(c3ccc(Br)cc3)c3ccc(Br)cc3)cc2)cc1. The smallest absolute Gasteiger partial charge is 0.0463 e. The molecule has 0 saturated carbocycles. The number of nitrogens with zero attached hydrogens (tertiary/aromatic N) is 2. The first-order chi connectivity index (χ1) is 17.1. The molecule has 0 aliphatic heterocycles. The molecule has 0 aliphatic rings. The van der Waals surface area contributed by atoms with Crippen LogP contribution in [0.5, 0.6) is 0 Å². The Kier molecular flexibility index (Phi) is 7.03. The summed E-state index contributed by atoms with van der Waals surface area (Å²) >= 11 is 7.12. The van der Waals surface area contributed by atoms with Crippen LogP contribution in [0.4, 0.5) is 34.1 Å². The highest BCUT2D eigenvalue weighted by atomic mass is 79.9. The van der Waals surface area contributed by atoms with Crippen LogP contribution in [0.2, 0.25) is 0 Å². The van der Waals surface area contributed by atoms with Crippen molar-refractivity contribution in [3.8, 4) is 0 Å². The van der Waals surface area contributed by atoms with Gasteiger partial charge in [-0.05, 0) is 104 Å². The van der Waals surface area contributed by atoms with Gasteiger partial charge in [-0.2, -0.15) is 0 Å². The van der Waals surface area contributed by atoms with Crippen LogP contribution in [-0.2, 0) is 0 Å². The molecule has 5 aromatic rings. The van der Waals surface area contributed by atoms with Crippen LogP contribution in [0.1, 0.15) is 5.56 Å². The fraction of sp³-hybridized carbons (Fsp3) is 0.0323. The van der Waals surface area contributed by atoms with E-state index in [2.05, 4.69) is 170 Å². The van der Waals surface area contributed by atoms with Crippen LogP contribution in [0.15, 0.2) is 136 Å². The van der Waals surface area contributed by atoms with Crippen molar-refractivity contribution in [2.75, 3.05) is 9.80 Å². The second kappa shape index (κ2) is 10.5. The number of rotatable bonds is 6. The van der Waals surface area contributed by atoms with Crippen LogP contribution >= 0.6 is 31.9 Å². The van der Waals surface area contributed by atoms with E-state index in [1.807, 2.05) is 6.07 Å². The minimum atomic E-state index is 1.06. The summed E-state index contributed by atoms with van der Waals surface area (Å²) in [6, 6.07) is 44.7. The van der Waals surface area contributed by atoms with E-state index < -0.39 is 0 Å². The summed E-state index contributed by atoms with van der Waals surface area (Å²) in [5.41, 5.74) is 7.90. The minimum absolute atomic E-state index is 1.06. The highest BCUT2D eigenvalue weighted by Gasteiger charge is 2.15. The highest BCUT2D eigenvalue weighted by Crippen LogP contribution is 2.39. The maximum absolute atomic E-state index is 3.56. The van der Waals surface area contributed by atoms with E-state index >= 15 is 0 Å². The molecule has 5 aromatic carbocycles. The van der Waals surface area contributed by atoms with E-state index in [1.165, 1.54) is 5.56 Å². The summed E-state index contributed by atoms with van der Waals surface area (Å²) < 4.78 is 2.12. The van der Waals surface area contributed by atoms with Crippen molar-refractivity contribution < 1.29 is 0 Å². The molecular formula is C31H24Br2N2. The molecular weight excluding hydrogens is 560 g/mol. The lowest BCUT2D eigenvalue weighted by Gasteiger charge is -2.28. The van der Waals surface area contributed by atoms with Crippen molar-refractivity contribution in [1.82, 2.24) is 0 Å². The number of anilines is 6. The predicted molar refractivity (Wildman–Crippen MR) is 156 cm³/mol. The molecule has 0 unspecified atom stereocenters. The number of hydrogen-bond donors (Lipinski definition) is 0. The molecule has 0 fully saturated rings.